The molecule has 21 atom stereocenters. The van der Waals surface area contributed by atoms with Gasteiger partial charge in [-0.15, -0.1) is 0 Å². The smallest absolute Gasteiger partial charge is 0.315 e. The van der Waals surface area contributed by atoms with Gasteiger partial charge in [0.15, 0.2) is 12.6 Å². The number of hydrogen-bond donors (Lipinski definition) is 9. The number of aliphatic hydroxyl groups is 9. The van der Waals surface area contributed by atoms with Crippen LogP contribution < -0.4 is 0 Å². The minimum Gasteiger partial charge on any atom is -0.432 e. The van der Waals surface area contributed by atoms with Gasteiger partial charge < -0.3 is 74.4 Å². The number of carbonyl (C=O) groups excluding carboxylic acids is 1. The fraction of sp³-hybridized carbons (Fsp3) is 0.935. The number of esters is 1. The Bertz CT molecular complexity index is 1690. The molecule has 0 bridgehead atoms. The van der Waals surface area contributed by atoms with Crippen molar-refractivity contribution < 1.29 is 79.2 Å². The maximum atomic E-state index is 14.5. The maximum absolute atomic E-state index is 14.5. The molecule has 8 aliphatic rings. The van der Waals surface area contributed by atoms with Gasteiger partial charge in [-0.25, -0.2) is 0 Å². The van der Waals surface area contributed by atoms with Crippen molar-refractivity contribution in [2.45, 2.75) is 199 Å². The lowest BCUT2D eigenvalue weighted by Gasteiger charge is -2.71. The molecule has 0 amide bonds. The molecule has 3 aliphatic heterocycles. The Morgan fingerprint density at radius 3 is 2.06 bits per heavy atom. The van der Waals surface area contributed by atoms with Gasteiger partial charge in [-0.1, -0.05) is 60.1 Å². The molecule has 5 aliphatic carbocycles. The van der Waals surface area contributed by atoms with Crippen molar-refractivity contribution in [3.8, 4) is 0 Å². The molecule has 3 saturated heterocycles. The number of rotatable bonds is 7. The zero-order chi connectivity index (χ0) is 45.1. The number of carbonyl (C=O) groups is 1. The predicted molar refractivity (Wildman–Crippen MR) is 218 cm³/mol. The van der Waals surface area contributed by atoms with Crippen LogP contribution in [0.3, 0.4) is 0 Å². The summed E-state index contributed by atoms with van der Waals surface area (Å²) in [5.41, 5.74) is -0.103. The molecule has 62 heavy (non-hydrogen) atoms. The number of aliphatic hydroxyl groups excluding tert-OH is 9. The summed E-state index contributed by atoms with van der Waals surface area (Å²) in [6, 6.07) is 0. The zero-order valence-corrected chi connectivity index (χ0v) is 37.5. The molecular formula is C46H74O16. The van der Waals surface area contributed by atoms with Crippen LogP contribution in [0.25, 0.3) is 0 Å². The predicted octanol–water partition coefficient (Wildman–Crippen LogP) is 1.42. The molecule has 4 unspecified atom stereocenters. The van der Waals surface area contributed by atoms with Crippen molar-refractivity contribution in [2.24, 2.45) is 50.2 Å². The topological polar surface area (TPSA) is 255 Å². The van der Waals surface area contributed by atoms with Crippen LogP contribution in [-0.2, 0) is 33.2 Å². The molecular weight excluding hydrogens is 808 g/mol. The van der Waals surface area contributed by atoms with Crippen LogP contribution in [0, 0.1) is 50.2 Å². The van der Waals surface area contributed by atoms with Crippen LogP contribution in [0.15, 0.2) is 11.6 Å². The number of allylic oxidation sites excluding steroid dienone is 2. The first kappa shape index (κ1) is 47.2. The molecule has 16 nitrogen and oxygen atoms in total. The molecule has 0 aromatic heterocycles. The number of fused-ring (bicyclic) bond motifs is 7. The maximum Gasteiger partial charge on any atom is 0.315 e. The zero-order valence-electron chi connectivity index (χ0n) is 37.5. The molecule has 16 heteroatoms. The van der Waals surface area contributed by atoms with E-state index >= 15 is 0 Å². The molecule has 0 spiro atoms. The molecule has 7 fully saturated rings. The lowest BCUT2D eigenvalue weighted by atomic mass is 9.33. The number of hydrogen-bond acceptors (Lipinski definition) is 16. The van der Waals surface area contributed by atoms with Gasteiger partial charge >= 0.3 is 5.97 Å². The summed E-state index contributed by atoms with van der Waals surface area (Å²) in [5, 5.41) is 94.0. The largest absolute Gasteiger partial charge is 0.432 e. The second-order valence-corrected chi connectivity index (χ2v) is 22.6. The molecule has 0 aromatic rings. The van der Waals surface area contributed by atoms with Gasteiger partial charge in [0.1, 0.15) is 61.0 Å². The molecule has 4 saturated carbocycles. The van der Waals surface area contributed by atoms with Crippen molar-refractivity contribution in [3.63, 3.8) is 0 Å². The Hall–Kier alpha value is -1.35. The van der Waals surface area contributed by atoms with Crippen LogP contribution in [0.5, 0.6) is 0 Å². The second-order valence-electron chi connectivity index (χ2n) is 22.6. The Morgan fingerprint density at radius 1 is 0.694 bits per heavy atom. The van der Waals surface area contributed by atoms with E-state index in [0.717, 1.165) is 44.9 Å². The third-order valence-corrected chi connectivity index (χ3v) is 18.6. The van der Waals surface area contributed by atoms with Gasteiger partial charge in [0.05, 0.1) is 31.3 Å². The monoisotopic (exact) mass is 882 g/mol. The molecule has 0 aromatic carbocycles. The Kier molecular flexibility index (Phi) is 12.5. The Balaban J connectivity index is 0.978. The highest BCUT2D eigenvalue weighted by molar-refractivity contribution is 5.79. The van der Waals surface area contributed by atoms with Gasteiger partial charge in [0.25, 0.3) is 0 Å². The minimum absolute atomic E-state index is 0.00238. The summed E-state index contributed by atoms with van der Waals surface area (Å²) in [7, 11) is 0. The summed E-state index contributed by atoms with van der Waals surface area (Å²) in [5.74, 6) is 0.154. The van der Waals surface area contributed by atoms with Crippen molar-refractivity contribution in [2.75, 3.05) is 19.8 Å². The third-order valence-electron chi connectivity index (χ3n) is 18.6. The summed E-state index contributed by atoms with van der Waals surface area (Å²) in [6.45, 7) is 15.3. The van der Waals surface area contributed by atoms with Gasteiger partial charge in [0.2, 0.25) is 6.29 Å². The second kappa shape index (κ2) is 16.5. The van der Waals surface area contributed by atoms with E-state index in [0.29, 0.717) is 25.2 Å². The Labute approximate surface area is 364 Å². The van der Waals surface area contributed by atoms with Gasteiger partial charge in [-0.05, 0) is 109 Å². The molecule has 354 valence electrons. The van der Waals surface area contributed by atoms with E-state index in [2.05, 4.69) is 54.5 Å². The van der Waals surface area contributed by atoms with E-state index in [1.807, 2.05) is 0 Å². The van der Waals surface area contributed by atoms with Crippen molar-refractivity contribution in [1.29, 1.82) is 0 Å². The van der Waals surface area contributed by atoms with Crippen LogP contribution in [0.1, 0.15) is 113 Å². The summed E-state index contributed by atoms with van der Waals surface area (Å²) in [6.07, 6.45) is -8.16. The molecule has 8 rings (SSSR count). The van der Waals surface area contributed by atoms with Gasteiger partial charge in [-0.3, -0.25) is 4.79 Å². The third kappa shape index (κ3) is 7.28. The SMILES string of the molecule is CC1(C)CC[C@]2(C(=O)O[C@@H]3OC[C@H](O)[C@H](O)[C@H]3O)CCC3(C)C(=CCC4[C@@]5(C)CC[C@H](O[C@@H]6OC[C@H](O[C@@H]7O[C@H](CO)[C@@H](O)[C@H](O)[C@H]7O)[C@H](O)[C@H]6O)C(C)(C)C5CC[C@]43C)C2C1. The average Bonchev–Trinajstić information content (AvgIpc) is 3.21. The van der Waals surface area contributed by atoms with Crippen molar-refractivity contribution >= 4 is 5.97 Å². The number of ether oxygens (including phenoxy) is 6. The molecule has 9 N–H and O–H groups in total. The van der Waals surface area contributed by atoms with Crippen molar-refractivity contribution in [3.05, 3.63) is 11.6 Å². The highest BCUT2D eigenvalue weighted by Crippen LogP contribution is 2.76. The minimum atomic E-state index is -1.67. The highest BCUT2D eigenvalue weighted by Gasteiger charge is 2.70. The molecule has 3 heterocycles. The van der Waals surface area contributed by atoms with E-state index in [1.165, 1.54) is 5.57 Å². The van der Waals surface area contributed by atoms with E-state index in [-0.39, 0.29) is 58.2 Å². The first-order valence-corrected chi connectivity index (χ1v) is 23.1. The standard InChI is InChI=1S/C46H74O16/c1-41(2)14-16-46(40(56)62-38-34(53)30(49)24(48)20-57-38)17-15-44(6)22(23(46)18-41)8-9-28-43(5)12-11-29(42(3,4)27(43)10-13-45(28,44)7)61-37-35(54)32(51)26(21-58-37)60-39-36(55)33(52)31(50)25(19-47)59-39/h8,23-39,47-55H,9-21H2,1-7H3/t23?,24-,25+,26-,27?,28?,29-,30-,31+,32-,33-,34+,35+,36+,37-,38-,39-,43-,44?,45+,46-/m0/s1. The first-order valence-electron chi connectivity index (χ1n) is 23.1. The first-order chi connectivity index (χ1) is 29.0. The van der Waals surface area contributed by atoms with Crippen LogP contribution in [0.2, 0.25) is 0 Å². The summed E-state index contributed by atoms with van der Waals surface area (Å²) in [4.78, 5) is 14.5. The lowest BCUT2D eigenvalue weighted by Crippen LogP contribution is -2.66. The van der Waals surface area contributed by atoms with Crippen LogP contribution >= 0.6 is 0 Å². The quantitative estimate of drug-likeness (QED) is 0.0996. The van der Waals surface area contributed by atoms with Crippen molar-refractivity contribution in [1.82, 2.24) is 0 Å². The lowest BCUT2D eigenvalue weighted by molar-refractivity contribution is -0.351. The van der Waals surface area contributed by atoms with E-state index < -0.39 is 97.9 Å². The molecule has 0 radical (unpaired) electrons. The van der Waals surface area contributed by atoms with Crippen LogP contribution in [0.4, 0.5) is 0 Å². The summed E-state index contributed by atoms with van der Waals surface area (Å²) >= 11 is 0. The highest BCUT2D eigenvalue weighted by atomic mass is 16.7. The average molecular weight is 883 g/mol. The fourth-order valence-corrected chi connectivity index (χ4v) is 14.5. The Morgan fingerprint density at radius 2 is 1.35 bits per heavy atom. The normalized spacial score (nSPS) is 53.5. The van der Waals surface area contributed by atoms with E-state index in [9.17, 15) is 50.8 Å². The van der Waals surface area contributed by atoms with E-state index in [1.54, 1.807) is 0 Å². The van der Waals surface area contributed by atoms with E-state index in [4.69, 9.17) is 28.4 Å². The van der Waals surface area contributed by atoms with Gasteiger partial charge in [-0.2, -0.15) is 0 Å². The van der Waals surface area contributed by atoms with Gasteiger partial charge in [0, 0.05) is 0 Å². The van der Waals surface area contributed by atoms with Crippen LogP contribution in [-0.4, -0.2) is 158 Å². The fourth-order valence-electron chi connectivity index (χ4n) is 14.5. The summed E-state index contributed by atoms with van der Waals surface area (Å²) < 4.78 is 35.3.